The third kappa shape index (κ3) is 17.8. The van der Waals surface area contributed by atoms with Crippen molar-refractivity contribution in [1.29, 1.82) is 0 Å². The molecule has 11 heavy (non-hydrogen) atoms. The Hall–Kier alpha value is 0.170. The molecule has 0 saturated carbocycles. The molecule has 0 rings (SSSR count). The van der Waals surface area contributed by atoms with Gasteiger partial charge in [0, 0.05) is 0 Å². The van der Waals surface area contributed by atoms with E-state index < -0.39 is 28.1 Å². The van der Waals surface area contributed by atoms with Crippen molar-refractivity contribution in [2.24, 2.45) is 0 Å². The third-order valence-electron chi connectivity index (χ3n) is 0.172. The van der Waals surface area contributed by atoms with Crippen LogP contribution in [0.15, 0.2) is 0 Å². The zero-order valence-electron chi connectivity index (χ0n) is 5.75. The smallest absolute Gasteiger partial charge is 0.276 e. The number of rotatable bonds is 2. The third-order valence-corrected chi connectivity index (χ3v) is 4.64. The molecule has 0 spiro atoms. The van der Waals surface area contributed by atoms with Gasteiger partial charge in [-0.1, -0.05) is 13.8 Å². The second kappa shape index (κ2) is 4.93. The van der Waals surface area contributed by atoms with Crippen molar-refractivity contribution in [3.63, 3.8) is 0 Å². The van der Waals surface area contributed by atoms with E-state index >= 15 is 0 Å². The van der Waals surface area contributed by atoms with Crippen molar-refractivity contribution in [2.75, 3.05) is 0 Å². The molecule has 0 aromatic rings. The fourth-order valence-corrected chi connectivity index (χ4v) is 2.93. The minimum Gasteiger partial charge on any atom is -0.276 e. The van der Waals surface area contributed by atoms with Gasteiger partial charge in [0.2, 0.25) is 0 Å². The molecule has 70 valence electrons. The lowest BCUT2D eigenvalue weighted by Crippen LogP contribution is -1.97. The Bertz CT molecular complexity index is 241. The molecule has 0 amide bonds. The summed E-state index contributed by atoms with van der Waals surface area (Å²) in [6.07, 6.45) is 0. The summed E-state index contributed by atoms with van der Waals surface area (Å²) in [4.78, 5) is 0. The minimum absolute atomic E-state index is 0.931. The van der Waals surface area contributed by atoms with E-state index in [1.54, 1.807) is 0 Å². The highest BCUT2D eigenvalue weighted by Gasteiger charge is 2.17. The molecule has 2 N–H and O–H groups in total. The molecule has 0 bridgehead atoms. The van der Waals surface area contributed by atoms with Crippen LogP contribution in [0.2, 0.25) is 0 Å². The standard InChI is InChI=1S/C2H6.H2O6S3/c1-2;1-8(2,3)7-9(4,5)6/h1-2H3;(H,1,2,3)(H,4,5,6). The van der Waals surface area contributed by atoms with Gasteiger partial charge >= 0.3 is 18.3 Å². The van der Waals surface area contributed by atoms with Gasteiger partial charge in [0.15, 0.2) is 9.83 Å². The molecule has 0 saturated heterocycles. The summed E-state index contributed by atoms with van der Waals surface area (Å²) in [5, 5.41) is 0. The van der Waals surface area contributed by atoms with E-state index in [4.69, 9.17) is 9.11 Å². The molecular weight excluding hydrogens is 216 g/mol. The van der Waals surface area contributed by atoms with Crippen molar-refractivity contribution in [1.82, 2.24) is 0 Å². The fraction of sp³-hybridized carbons (Fsp3) is 1.00. The van der Waals surface area contributed by atoms with Crippen LogP contribution in [-0.2, 0) is 18.3 Å². The second-order valence-corrected chi connectivity index (χ2v) is 6.93. The van der Waals surface area contributed by atoms with Gasteiger partial charge in [-0.05, 0) is 0 Å². The lowest BCUT2D eigenvalue weighted by molar-refractivity contribution is 0.500. The monoisotopic (exact) mass is 224 g/mol. The molecule has 9 heteroatoms. The maximum atomic E-state index is 9.63. The molecular formula is C2H8O6S3. The van der Waals surface area contributed by atoms with E-state index in [2.05, 4.69) is 0 Å². The summed E-state index contributed by atoms with van der Waals surface area (Å²) in [5.41, 5.74) is 0. The summed E-state index contributed by atoms with van der Waals surface area (Å²) >= 11 is 0. The average Bonchev–Trinajstić information content (AvgIpc) is 1.60. The molecule has 0 aliphatic rings. The quantitative estimate of drug-likeness (QED) is 0.514. The number of hydrogen-bond acceptors (Lipinski definition) is 5. The fourth-order valence-electron chi connectivity index (χ4n) is 0.109. The zero-order valence-corrected chi connectivity index (χ0v) is 8.20. The summed E-state index contributed by atoms with van der Waals surface area (Å²) in [6, 6.07) is 0. The maximum absolute atomic E-state index is 9.63. The van der Waals surface area contributed by atoms with Gasteiger partial charge in [-0.25, -0.2) is 0 Å². The van der Waals surface area contributed by atoms with Crippen LogP contribution in [0.5, 0.6) is 0 Å². The largest absolute Gasteiger partial charge is 0.336 e. The van der Waals surface area contributed by atoms with Crippen molar-refractivity contribution in [3.05, 3.63) is 0 Å². The van der Waals surface area contributed by atoms with E-state index in [-0.39, 0.29) is 0 Å². The Labute approximate surface area is 68.3 Å². The molecule has 0 aromatic heterocycles. The zero-order chi connectivity index (χ0) is 9.71. The first-order valence-electron chi connectivity index (χ1n) is 2.37. The van der Waals surface area contributed by atoms with Crippen LogP contribution in [0.3, 0.4) is 0 Å². The van der Waals surface area contributed by atoms with Gasteiger partial charge in [0.25, 0.3) is 0 Å². The van der Waals surface area contributed by atoms with Crippen molar-refractivity contribution < 1.29 is 25.9 Å². The van der Waals surface area contributed by atoms with E-state index in [0.29, 0.717) is 0 Å². The summed E-state index contributed by atoms with van der Waals surface area (Å²) in [5.74, 6) is 0. The summed E-state index contributed by atoms with van der Waals surface area (Å²) < 4.78 is 54.0. The van der Waals surface area contributed by atoms with E-state index in [9.17, 15) is 16.8 Å². The molecule has 0 fully saturated rings. The topological polar surface area (TPSA) is 109 Å². The minimum atomic E-state index is -4.70. The van der Waals surface area contributed by atoms with Gasteiger partial charge in [0.1, 0.15) is 0 Å². The van der Waals surface area contributed by atoms with E-state index in [1.165, 1.54) is 0 Å². The molecule has 0 aliphatic carbocycles. The predicted molar refractivity (Wildman–Crippen MR) is 42.0 cm³/mol. The Morgan fingerprint density at radius 2 is 1.09 bits per heavy atom. The van der Waals surface area contributed by atoms with Crippen molar-refractivity contribution in [3.8, 4) is 0 Å². The SMILES string of the molecule is CC.O=S(=O)(O)SS(=O)(=O)O. The van der Waals surface area contributed by atoms with Crippen LogP contribution in [0.1, 0.15) is 13.8 Å². The first kappa shape index (κ1) is 13.7. The van der Waals surface area contributed by atoms with Crippen LogP contribution in [0.25, 0.3) is 0 Å². The summed E-state index contributed by atoms with van der Waals surface area (Å²) in [7, 11) is -10.3. The predicted octanol–water partition coefficient (Wildman–Crippen LogP) is 0.351. The molecule has 0 aromatic carbocycles. The van der Waals surface area contributed by atoms with Gasteiger partial charge < -0.3 is 0 Å². The highest BCUT2D eigenvalue weighted by atomic mass is 33.5. The molecule has 0 aliphatic heterocycles. The van der Waals surface area contributed by atoms with Crippen LogP contribution >= 0.6 is 9.83 Å². The Morgan fingerprint density at radius 3 is 1.09 bits per heavy atom. The van der Waals surface area contributed by atoms with Gasteiger partial charge in [0.05, 0.1) is 0 Å². The van der Waals surface area contributed by atoms with Crippen LogP contribution in [0.4, 0.5) is 0 Å². The Kier molecular flexibility index (Phi) is 6.16. The summed E-state index contributed by atoms with van der Waals surface area (Å²) in [6.45, 7) is 4.00. The van der Waals surface area contributed by atoms with E-state index in [0.717, 1.165) is 0 Å². The molecule has 0 heterocycles. The molecule has 0 radical (unpaired) electrons. The normalized spacial score (nSPS) is 11.6. The van der Waals surface area contributed by atoms with Crippen LogP contribution in [0, 0.1) is 0 Å². The van der Waals surface area contributed by atoms with Gasteiger partial charge in [-0.2, -0.15) is 16.8 Å². The Morgan fingerprint density at radius 1 is 0.909 bits per heavy atom. The first-order chi connectivity index (χ1) is 4.71. The highest BCUT2D eigenvalue weighted by Crippen LogP contribution is 2.15. The van der Waals surface area contributed by atoms with Gasteiger partial charge in [-0.15, -0.1) is 0 Å². The first-order valence-corrected chi connectivity index (χ1v) is 7.10. The van der Waals surface area contributed by atoms with Gasteiger partial charge in [-0.3, -0.25) is 9.11 Å². The highest BCUT2D eigenvalue weighted by molar-refractivity contribution is 9.02. The van der Waals surface area contributed by atoms with Crippen LogP contribution in [-0.4, -0.2) is 25.9 Å². The molecule has 6 nitrogen and oxygen atoms in total. The number of hydrogen-bond donors (Lipinski definition) is 2. The molecule has 0 atom stereocenters. The van der Waals surface area contributed by atoms with E-state index in [1.807, 2.05) is 13.8 Å². The maximum Gasteiger partial charge on any atom is 0.336 e. The Balaban J connectivity index is 0. The lowest BCUT2D eigenvalue weighted by atomic mass is 11.0. The van der Waals surface area contributed by atoms with Crippen molar-refractivity contribution in [2.45, 2.75) is 13.8 Å². The molecule has 0 unspecified atom stereocenters. The van der Waals surface area contributed by atoms with Crippen LogP contribution < -0.4 is 0 Å². The second-order valence-electron chi connectivity index (χ2n) is 0.924. The van der Waals surface area contributed by atoms with Crippen molar-refractivity contribution >= 4 is 28.1 Å². The average molecular weight is 224 g/mol. The lowest BCUT2D eigenvalue weighted by Gasteiger charge is -1.87.